The molecule has 3 unspecified atom stereocenters. The van der Waals surface area contributed by atoms with Gasteiger partial charge in [0, 0.05) is 18.8 Å². The Hall–Kier alpha value is -1.02. The first kappa shape index (κ1) is 12.7. The fourth-order valence-corrected chi connectivity index (χ4v) is 5.26. The molecule has 3 atom stereocenters. The van der Waals surface area contributed by atoms with Gasteiger partial charge in [-0.05, 0) is 68.4 Å². The Labute approximate surface area is 122 Å². The Kier molecular flexibility index (Phi) is 3.03. The minimum atomic E-state index is 0.267. The van der Waals surface area contributed by atoms with Crippen molar-refractivity contribution in [2.24, 2.45) is 17.6 Å². The van der Waals surface area contributed by atoms with Gasteiger partial charge >= 0.3 is 0 Å². The smallest absolute Gasteiger partial charge is 0.0555 e. The molecule has 3 aliphatic rings. The summed E-state index contributed by atoms with van der Waals surface area (Å²) in [6.07, 6.45) is 9.48. The monoisotopic (exact) mass is 270 g/mol. The maximum atomic E-state index is 6.35. The quantitative estimate of drug-likeness (QED) is 0.893. The summed E-state index contributed by atoms with van der Waals surface area (Å²) in [5, 5.41) is 0. The second-order valence-electron chi connectivity index (χ2n) is 7.13. The molecule has 20 heavy (non-hydrogen) atoms. The van der Waals surface area contributed by atoms with Crippen LogP contribution >= 0.6 is 0 Å². The van der Waals surface area contributed by atoms with Crippen molar-refractivity contribution in [2.75, 3.05) is 18.0 Å². The normalized spacial score (nSPS) is 36.0. The number of fused-ring (bicyclic) bond motifs is 3. The van der Waals surface area contributed by atoms with E-state index in [-0.39, 0.29) is 5.54 Å². The molecule has 2 aliphatic carbocycles. The number of rotatable bonds is 2. The molecule has 2 N–H and O–H groups in total. The number of anilines is 1. The van der Waals surface area contributed by atoms with E-state index in [1.807, 2.05) is 0 Å². The van der Waals surface area contributed by atoms with E-state index < -0.39 is 0 Å². The van der Waals surface area contributed by atoms with E-state index >= 15 is 0 Å². The third-order valence-electron chi connectivity index (χ3n) is 6.19. The number of nitrogens with zero attached hydrogens (tertiary/aromatic N) is 1. The lowest BCUT2D eigenvalue weighted by atomic mass is 9.79. The second-order valence-corrected chi connectivity index (χ2v) is 7.13. The van der Waals surface area contributed by atoms with Crippen LogP contribution in [0.25, 0.3) is 0 Å². The molecule has 0 radical (unpaired) electrons. The highest BCUT2D eigenvalue weighted by atomic mass is 15.2. The molecule has 0 aromatic heterocycles. The maximum absolute atomic E-state index is 6.35. The minimum Gasteiger partial charge on any atom is -0.364 e. The average Bonchev–Trinajstić information content (AvgIpc) is 3.02. The average molecular weight is 270 g/mol. The number of para-hydroxylation sites is 1. The molecule has 2 bridgehead atoms. The summed E-state index contributed by atoms with van der Waals surface area (Å²) in [5.74, 6) is 1.78. The lowest BCUT2D eigenvalue weighted by molar-refractivity contribution is 0.257. The molecule has 2 fully saturated rings. The van der Waals surface area contributed by atoms with Crippen LogP contribution in [0.4, 0.5) is 5.69 Å². The van der Waals surface area contributed by atoms with Crippen LogP contribution < -0.4 is 10.6 Å². The Morgan fingerprint density at radius 3 is 2.85 bits per heavy atom. The molecule has 4 rings (SSSR count). The summed E-state index contributed by atoms with van der Waals surface area (Å²) in [7, 11) is 0. The van der Waals surface area contributed by atoms with Crippen LogP contribution in [0.3, 0.4) is 0 Å². The SMILES string of the molecule is NCC1(N2CCCCc3ccccc32)CC2CCC1C2. The van der Waals surface area contributed by atoms with Gasteiger partial charge in [-0.25, -0.2) is 0 Å². The molecule has 1 aromatic rings. The molecule has 2 saturated carbocycles. The summed E-state index contributed by atoms with van der Waals surface area (Å²) in [4.78, 5) is 2.74. The highest BCUT2D eigenvalue weighted by Gasteiger charge is 2.53. The molecule has 1 aliphatic heterocycles. The van der Waals surface area contributed by atoms with Crippen LogP contribution in [0.5, 0.6) is 0 Å². The van der Waals surface area contributed by atoms with E-state index in [4.69, 9.17) is 5.73 Å². The zero-order valence-corrected chi connectivity index (χ0v) is 12.4. The molecule has 2 heteroatoms. The fourth-order valence-electron chi connectivity index (χ4n) is 5.26. The van der Waals surface area contributed by atoms with E-state index in [0.717, 1.165) is 18.4 Å². The van der Waals surface area contributed by atoms with E-state index in [0.29, 0.717) is 0 Å². The van der Waals surface area contributed by atoms with Crippen molar-refractivity contribution < 1.29 is 0 Å². The molecule has 0 amide bonds. The van der Waals surface area contributed by atoms with E-state index in [1.165, 1.54) is 57.2 Å². The zero-order valence-electron chi connectivity index (χ0n) is 12.4. The number of hydrogen-bond acceptors (Lipinski definition) is 2. The molecular formula is C18H26N2. The van der Waals surface area contributed by atoms with Gasteiger partial charge in [0.2, 0.25) is 0 Å². The van der Waals surface area contributed by atoms with Crippen molar-refractivity contribution in [1.82, 2.24) is 0 Å². The maximum Gasteiger partial charge on any atom is 0.0555 e. The van der Waals surface area contributed by atoms with E-state index in [9.17, 15) is 0 Å². The summed E-state index contributed by atoms with van der Waals surface area (Å²) >= 11 is 0. The lowest BCUT2D eigenvalue weighted by Crippen LogP contribution is -2.58. The van der Waals surface area contributed by atoms with Gasteiger partial charge in [0.1, 0.15) is 0 Å². The van der Waals surface area contributed by atoms with Crippen LogP contribution in [0.15, 0.2) is 24.3 Å². The molecule has 1 heterocycles. The van der Waals surface area contributed by atoms with Crippen molar-refractivity contribution in [3.63, 3.8) is 0 Å². The standard InChI is InChI=1S/C18H26N2/c19-13-18(12-14-8-9-16(18)11-14)20-10-4-3-6-15-5-1-2-7-17(15)20/h1-2,5,7,14,16H,3-4,6,8-13,19H2. The van der Waals surface area contributed by atoms with Gasteiger partial charge in [-0.3, -0.25) is 0 Å². The van der Waals surface area contributed by atoms with Gasteiger partial charge in [0.05, 0.1) is 5.54 Å². The number of nitrogens with two attached hydrogens (primary N) is 1. The lowest BCUT2D eigenvalue weighted by Gasteiger charge is -2.48. The number of hydrogen-bond donors (Lipinski definition) is 1. The highest BCUT2D eigenvalue weighted by Crippen LogP contribution is 2.54. The predicted octanol–water partition coefficient (Wildman–Crippen LogP) is 3.35. The molecule has 0 spiro atoms. The van der Waals surface area contributed by atoms with Gasteiger partial charge in [0.25, 0.3) is 0 Å². The third-order valence-corrected chi connectivity index (χ3v) is 6.19. The number of benzene rings is 1. The fraction of sp³-hybridized carbons (Fsp3) is 0.667. The molecule has 2 nitrogen and oxygen atoms in total. The molecule has 1 aromatic carbocycles. The minimum absolute atomic E-state index is 0.267. The molecular weight excluding hydrogens is 244 g/mol. The summed E-state index contributed by atoms with van der Waals surface area (Å²) in [5.41, 5.74) is 9.65. The van der Waals surface area contributed by atoms with Gasteiger partial charge in [0.15, 0.2) is 0 Å². The topological polar surface area (TPSA) is 29.3 Å². The van der Waals surface area contributed by atoms with Gasteiger partial charge in [-0.15, -0.1) is 0 Å². The first-order valence-electron chi connectivity index (χ1n) is 8.39. The summed E-state index contributed by atoms with van der Waals surface area (Å²) in [6.45, 7) is 2.04. The van der Waals surface area contributed by atoms with Crippen LogP contribution in [-0.2, 0) is 6.42 Å². The Morgan fingerprint density at radius 2 is 2.10 bits per heavy atom. The van der Waals surface area contributed by atoms with E-state index in [2.05, 4.69) is 29.2 Å². The van der Waals surface area contributed by atoms with Crippen LogP contribution in [-0.4, -0.2) is 18.6 Å². The first-order chi connectivity index (χ1) is 9.83. The third kappa shape index (κ3) is 1.74. The van der Waals surface area contributed by atoms with E-state index in [1.54, 1.807) is 5.56 Å². The Balaban J connectivity index is 1.77. The Bertz CT molecular complexity index is 498. The van der Waals surface area contributed by atoms with Crippen molar-refractivity contribution >= 4 is 5.69 Å². The van der Waals surface area contributed by atoms with Gasteiger partial charge in [-0.1, -0.05) is 18.2 Å². The summed E-state index contributed by atoms with van der Waals surface area (Å²) in [6, 6.07) is 9.06. The van der Waals surface area contributed by atoms with Crippen molar-refractivity contribution in [2.45, 2.75) is 50.5 Å². The van der Waals surface area contributed by atoms with Crippen LogP contribution in [0.2, 0.25) is 0 Å². The Morgan fingerprint density at radius 1 is 1.20 bits per heavy atom. The largest absolute Gasteiger partial charge is 0.364 e. The second kappa shape index (κ2) is 4.77. The first-order valence-corrected chi connectivity index (χ1v) is 8.39. The van der Waals surface area contributed by atoms with Gasteiger partial charge < -0.3 is 10.6 Å². The predicted molar refractivity (Wildman–Crippen MR) is 84.0 cm³/mol. The summed E-state index contributed by atoms with van der Waals surface area (Å²) < 4.78 is 0. The van der Waals surface area contributed by atoms with Crippen LogP contribution in [0.1, 0.15) is 44.1 Å². The zero-order chi connectivity index (χ0) is 13.6. The molecule has 108 valence electrons. The van der Waals surface area contributed by atoms with Crippen molar-refractivity contribution in [3.8, 4) is 0 Å². The molecule has 0 saturated heterocycles. The van der Waals surface area contributed by atoms with Crippen molar-refractivity contribution in [1.29, 1.82) is 0 Å². The highest BCUT2D eigenvalue weighted by molar-refractivity contribution is 5.57. The van der Waals surface area contributed by atoms with Crippen LogP contribution in [0, 0.1) is 11.8 Å². The van der Waals surface area contributed by atoms with Gasteiger partial charge in [-0.2, -0.15) is 0 Å². The van der Waals surface area contributed by atoms with Crippen molar-refractivity contribution in [3.05, 3.63) is 29.8 Å². The number of aryl methyl sites for hydroxylation is 1.